The van der Waals surface area contributed by atoms with Gasteiger partial charge < -0.3 is 4.74 Å². The molecule has 15 heavy (non-hydrogen) atoms. The SMILES string of the molecule is COc1ccc2c(c1C)C(=O)CCC2.Cl. The maximum absolute atomic E-state index is 11.7. The second-order valence-electron chi connectivity index (χ2n) is 3.70. The zero-order chi connectivity index (χ0) is 10.1. The molecule has 0 amide bonds. The lowest BCUT2D eigenvalue weighted by atomic mass is 9.87. The third-order valence-electron chi connectivity index (χ3n) is 2.85. The molecule has 0 bridgehead atoms. The van der Waals surface area contributed by atoms with Crippen molar-refractivity contribution in [3.63, 3.8) is 0 Å². The normalized spacial score (nSPS) is 14.1. The van der Waals surface area contributed by atoms with E-state index in [4.69, 9.17) is 4.74 Å². The Morgan fingerprint density at radius 1 is 1.27 bits per heavy atom. The van der Waals surface area contributed by atoms with Crippen molar-refractivity contribution in [2.75, 3.05) is 7.11 Å². The van der Waals surface area contributed by atoms with Crippen molar-refractivity contribution in [3.8, 4) is 5.75 Å². The number of ether oxygens (including phenoxy) is 1. The molecular weight excluding hydrogens is 212 g/mol. The second-order valence-corrected chi connectivity index (χ2v) is 3.70. The summed E-state index contributed by atoms with van der Waals surface area (Å²) in [6.45, 7) is 1.96. The van der Waals surface area contributed by atoms with E-state index in [1.807, 2.05) is 19.1 Å². The summed E-state index contributed by atoms with van der Waals surface area (Å²) in [5.41, 5.74) is 3.07. The third kappa shape index (κ3) is 2.00. The van der Waals surface area contributed by atoms with Crippen molar-refractivity contribution in [1.82, 2.24) is 0 Å². The average Bonchev–Trinajstić information content (AvgIpc) is 2.18. The first-order chi connectivity index (χ1) is 6.74. The standard InChI is InChI=1S/C12H14O2.ClH/c1-8-11(14-2)7-6-9-4-3-5-10(13)12(8)9;/h6-7H,3-5H2,1-2H3;1H. The molecule has 0 aromatic heterocycles. The molecule has 0 fully saturated rings. The van der Waals surface area contributed by atoms with Gasteiger partial charge in [0.1, 0.15) is 5.75 Å². The summed E-state index contributed by atoms with van der Waals surface area (Å²) in [5, 5.41) is 0. The number of carbonyl (C=O) groups excluding carboxylic acids is 1. The smallest absolute Gasteiger partial charge is 0.163 e. The van der Waals surface area contributed by atoms with Crippen molar-refractivity contribution >= 4 is 18.2 Å². The van der Waals surface area contributed by atoms with Crippen molar-refractivity contribution in [2.45, 2.75) is 26.2 Å². The lowest BCUT2D eigenvalue weighted by Crippen LogP contribution is -2.13. The Morgan fingerprint density at radius 2 is 2.00 bits per heavy atom. The fourth-order valence-corrected chi connectivity index (χ4v) is 2.13. The maximum Gasteiger partial charge on any atom is 0.163 e. The Bertz CT molecular complexity index is 385. The fourth-order valence-electron chi connectivity index (χ4n) is 2.13. The number of halogens is 1. The molecule has 82 valence electrons. The lowest BCUT2D eigenvalue weighted by molar-refractivity contribution is 0.0971. The van der Waals surface area contributed by atoms with Crippen LogP contribution in [0.2, 0.25) is 0 Å². The fraction of sp³-hybridized carbons (Fsp3) is 0.417. The molecule has 0 saturated heterocycles. The minimum absolute atomic E-state index is 0. The van der Waals surface area contributed by atoms with Crippen LogP contribution in [0.1, 0.15) is 34.3 Å². The molecule has 1 aromatic carbocycles. The number of rotatable bonds is 1. The quantitative estimate of drug-likeness (QED) is 0.736. The van der Waals surface area contributed by atoms with Crippen molar-refractivity contribution in [1.29, 1.82) is 0 Å². The molecule has 0 unspecified atom stereocenters. The number of aryl methyl sites for hydroxylation is 1. The van der Waals surface area contributed by atoms with Gasteiger partial charge in [-0.1, -0.05) is 6.07 Å². The Kier molecular flexibility index (Phi) is 3.75. The summed E-state index contributed by atoms with van der Waals surface area (Å²) in [6.07, 6.45) is 2.69. The lowest BCUT2D eigenvalue weighted by Gasteiger charge is -2.18. The highest BCUT2D eigenvalue weighted by Crippen LogP contribution is 2.29. The number of Topliss-reactive ketones (excluding diaryl/α,β-unsaturated/α-hetero) is 1. The first-order valence-corrected chi connectivity index (χ1v) is 4.93. The van der Waals surface area contributed by atoms with Crippen LogP contribution in [0, 0.1) is 6.92 Å². The zero-order valence-corrected chi connectivity index (χ0v) is 9.82. The number of benzene rings is 1. The number of carbonyl (C=O) groups is 1. The van der Waals surface area contributed by atoms with Crippen molar-refractivity contribution < 1.29 is 9.53 Å². The van der Waals surface area contributed by atoms with Crippen LogP contribution in [-0.2, 0) is 6.42 Å². The molecular formula is C12H15ClO2. The van der Waals surface area contributed by atoms with E-state index in [2.05, 4.69) is 0 Å². The Balaban J connectivity index is 0.00000112. The maximum atomic E-state index is 11.7. The highest BCUT2D eigenvalue weighted by atomic mass is 35.5. The summed E-state index contributed by atoms with van der Waals surface area (Å²) < 4.78 is 5.21. The van der Waals surface area contributed by atoms with Crippen LogP contribution < -0.4 is 4.74 Å². The molecule has 0 saturated carbocycles. The molecule has 2 rings (SSSR count). The van der Waals surface area contributed by atoms with E-state index in [0.29, 0.717) is 6.42 Å². The van der Waals surface area contributed by atoms with Gasteiger partial charge in [-0.2, -0.15) is 0 Å². The average molecular weight is 227 g/mol. The van der Waals surface area contributed by atoms with Gasteiger partial charge in [-0.25, -0.2) is 0 Å². The van der Waals surface area contributed by atoms with Gasteiger partial charge in [0.15, 0.2) is 5.78 Å². The van der Waals surface area contributed by atoms with Gasteiger partial charge in [0, 0.05) is 17.5 Å². The summed E-state index contributed by atoms with van der Waals surface area (Å²) >= 11 is 0. The van der Waals surface area contributed by atoms with Gasteiger partial charge >= 0.3 is 0 Å². The number of hydrogen-bond donors (Lipinski definition) is 0. The first kappa shape index (κ1) is 12.1. The molecule has 3 heteroatoms. The summed E-state index contributed by atoms with van der Waals surface area (Å²) in [5.74, 6) is 1.08. The van der Waals surface area contributed by atoms with Crippen LogP contribution in [0.4, 0.5) is 0 Å². The number of hydrogen-bond acceptors (Lipinski definition) is 2. The summed E-state index contributed by atoms with van der Waals surface area (Å²) in [6, 6.07) is 3.96. The number of fused-ring (bicyclic) bond motifs is 1. The summed E-state index contributed by atoms with van der Waals surface area (Å²) in [4.78, 5) is 11.7. The van der Waals surface area contributed by atoms with E-state index < -0.39 is 0 Å². The zero-order valence-electron chi connectivity index (χ0n) is 9.00. The van der Waals surface area contributed by atoms with Crippen LogP contribution in [-0.4, -0.2) is 12.9 Å². The predicted molar refractivity (Wildman–Crippen MR) is 62.2 cm³/mol. The van der Waals surface area contributed by atoms with Gasteiger partial charge in [-0.3, -0.25) is 4.79 Å². The van der Waals surface area contributed by atoms with E-state index in [1.54, 1.807) is 7.11 Å². The van der Waals surface area contributed by atoms with Gasteiger partial charge in [0.2, 0.25) is 0 Å². The van der Waals surface area contributed by atoms with Crippen molar-refractivity contribution in [3.05, 3.63) is 28.8 Å². The third-order valence-corrected chi connectivity index (χ3v) is 2.85. The molecule has 0 N–H and O–H groups in total. The van der Waals surface area contributed by atoms with Gasteiger partial charge in [0.05, 0.1) is 7.11 Å². The van der Waals surface area contributed by atoms with Crippen LogP contribution in [0.5, 0.6) is 5.75 Å². The minimum Gasteiger partial charge on any atom is -0.496 e. The predicted octanol–water partition coefficient (Wildman–Crippen LogP) is 2.94. The van der Waals surface area contributed by atoms with Crippen LogP contribution >= 0.6 is 12.4 Å². The van der Waals surface area contributed by atoms with Crippen LogP contribution in [0.15, 0.2) is 12.1 Å². The molecule has 2 nitrogen and oxygen atoms in total. The molecule has 0 spiro atoms. The van der Waals surface area contributed by atoms with E-state index >= 15 is 0 Å². The summed E-state index contributed by atoms with van der Waals surface area (Å²) in [7, 11) is 1.64. The second kappa shape index (κ2) is 4.67. The van der Waals surface area contributed by atoms with E-state index in [-0.39, 0.29) is 18.2 Å². The van der Waals surface area contributed by atoms with E-state index in [0.717, 1.165) is 29.7 Å². The monoisotopic (exact) mass is 226 g/mol. The molecule has 1 aromatic rings. The topological polar surface area (TPSA) is 26.3 Å². The molecule has 0 radical (unpaired) electrons. The largest absolute Gasteiger partial charge is 0.496 e. The molecule has 0 heterocycles. The Hall–Kier alpha value is -1.02. The Morgan fingerprint density at radius 3 is 2.67 bits per heavy atom. The number of ketones is 1. The van der Waals surface area contributed by atoms with Gasteiger partial charge in [0.25, 0.3) is 0 Å². The highest BCUT2D eigenvalue weighted by Gasteiger charge is 2.20. The molecule has 1 aliphatic rings. The van der Waals surface area contributed by atoms with Gasteiger partial charge in [-0.15, -0.1) is 12.4 Å². The van der Waals surface area contributed by atoms with Gasteiger partial charge in [-0.05, 0) is 31.4 Å². The Labute approximate surface area is 96.0 Å². The van der Waals surface area contributed by atoms with Crippen LogP contribution in [0.25, 0.3) is 0 Å². The van der Waals surface area contributed by atoms with E-state index in [9.17, 15) is 4.79 Å². The molecule has 0 atom stereocenters. The minimum atomic E-state index is 0. The van der Waals surface area contributed by atoms with E-state index in [1.165, 1.54) is 5.56 Å². The molecule has 0 aliphatic heterocycles. The van der Waals surface area contributed by atoms with Crippen molar-refractivity contribution in [2.24, 2.45) is 0 Å². The first-order valence-electron chi connectivity index (χ1n) is 4.93. The van der Waals surface area contributed by atoms with Crippen LogP contribution in [0.3, 0.4) is 0 Å². The number of methoxy groups -OCH3 is 1. The molecule has 1 aliphatic carbocycles. The highest BCUT2D eigenvalue weighted by molar-refractivity contribution is 6.00.